The molecule has 3 aromatic carbocycles. The highest BCUT2D eigenvalue weighted by Crippen LogP contribution is 2.30. The molecule has 0 spiro atoms. The lowest BCUT2D eigenvalue weighted by molar-refractivity contribution is -0.274. The first-order valence-electron chi connectivity index (χ1n) is 14.2. The summed E-state index contributed by atoms with van der Waals surface area (Å²) in [5.41, 5.74) is 2.39. The first-order valence-corrected chi connectivity index (χ1v) is 14.2. The van der Waals surface area contributed by atoms with Crippen LogP contribution in [0.15, 0.2) is 91.5 Å². The van der Waals surface area contributed by atoms with Gasteiger partial charge in [-0.2, -0.15) is 0 Å². The summed E-state index contributed by atoms with van der Waals surface area (Å²) in [4.78, 5) is 31.5. The molecule has 9 nitrogen and oxygen atoms in total. The Balaban J connectivity index is 1.43. The summed E-state index contributed by atoms with van der Waals surface area (Å²) in [6, 6.07) is 20.6. The van der Waals surface area contributed by atoms with Gasteiger partial charge in [-0.15, -0.1) is 19.8 Å². The van der Waals surface area contributed by atoms with Crippen molar-refractivity contribution in [2.75, 3.05) is 26.2 Å². The number of rotatable bonds is 9. The number of benzene rings is 3. The third-order valence-corrected chi connectivity index (χ3v) is 7.70. The van der Waals surface area contributed by atoms with Crippen LogP contribution in [0.25, 0.3) is 0 Å². The SMILES string of the molecule is C=CCN1CCN2[C@@H](Cc3ccc(O)cc3)C(=O)N(Cc3ccc(OC(F)(F)F)cc3)C[C@@H]2N1C(=O)NCc1ccccc1. The molecular formula is C32H34F3N5O4. The number of ether oxygens (including phenoxy) is 1. The maximum absolute atomic E-state index is 14.0. The van der Waals surface area contributed by atoms with E-state index in [1.807, 2.05) is 40.2 Å². The Hall–Kier alpha value is -4.55. The number of carbonyl (C=O) groups excluding carboxylic acids is 2. The largest absolute Gasteiger partial charge is 0.573 e. The first kappa shape index (κ1) is 30.9. The summed E-state index contributed by atoms with van der Waals surface area (Å²) in [7, 11) is 0. The van der Waals surface area contributed by atoms with Gasteiger partial charge in [-0.1, -0.05) is 60.7 Å². The number of alkyl halides is 3. The van der Waals surface area contributed by atoms with Gasteiger partial charge in [0.05, 0.1) is 12.6 Å². The molecule has 3 amide bonds. The van der Waals surface area contributed by atoms with Crippen LogP contribution in [-0.4, -0.2) is 81.6 Å². The van der Waals surface area contributed by atoms with Crippen molar-refractivity contribution in [3.63, 3.8) is 0 Å². The molecule has 2 aliphatic rings. The molecule has 0 radical (unpaired) electrons. The third kappa shape index (κ3) is 7.50. The Morgan fingerprint density at radius 3 is 2.32 bits per heavy atom. The number of hydrogen-bond acceptors (Lipinski definition) is 6. The van der Waals surface area contributed by atoms with Crippen LogP contribution in [0, 0.1) is 0 Å². The molecule has 2 heterocycles. The number of nitrogens with zero attached hydrogens (tertiary/aromatic N) is 4. The monoisotopic (exact) mass is 609 g/mol. The number of amides is 3. The van der Waals surface area contributed by atoms with Gasteiger partial charge >= 0.3 is 12.4 Å². The molecule has 2 aliphatic heterocycles. The molecule has 12 heteroatoms. The van der Waals surface area contributed by atoms with Crippen molar-refractivity contribution in [2.45, 2.75) is 38.1 Å². The Kier molecular flexibility index (Phi) is 9.40. The molecule has 0 aliphatic carbocycles. The Labute approximate surface area is 253 Å². The summed E-state index contributed by atoms with van der Waals surface area (Å²) in [6.07, 6.45) is -3.27. The van der Waals surface area contributed by atoms with E-state index in [0.29, 0.717) is 38.2 Å². The van der Waals surface area contributed by atoms with Crippen LogP contribution in [0.3, 0.4) is 0 Å². The number of nitrogens with one attached hydrogen (secondary N) is 1. The molecule has 232 valence electrons. The number of carbonyl (C=O) groups is 2. The van der Waals surface area contributed by atoms with Crippen LogP contribution < -0.4 is 10.1 Å². The van der Waals surface area contributed by atoms with Gasteiger partial charge in [-0.3, -0.25) is 9.69 Å². The van der Waals surface area contributed by atoms with Crippen LogP contribution in [-0.2, 0) is 24.3 Å². The normalized spacial score (nSPS) is 19.4. The topological polar surface area (TPSA) is 88.6 Å². The average molecular weight is 610 g/mol. The second-order valence-corrected chi connectivity index (χ2v) is 10.7. The van der Waals surface area contributed by atoms with Crippen molar-refractivity contribution in [1.29, 1.82) is 0 Å². The van der Waals surface area contributed by atoms with Crippen molar-refractivity contribution < 1.29 is 32.6 Å². The number of phenols is 1. The van der Waals surface area contributed by atoms with Gasteiger partial charge in [-0.05, 0) is 47.4 Å². The van der Waals surface area contributed by atoms with Crippen molar-refractivity contribution in [1.82, 2.24) is 25.1 Å². The molecular weight excluding hydrogens is 575 g/mol. The van der Waals surface area contributed by atoms with E-state index in [1.54, 1.807) is 40.3 Å². The standard InChI is InChI=1S/C32H34F3N5O4/c1-2-16-38-17-18-39-28(19-23-8-12-26(41)13-9-23)30(42)37(21-25-10-14-27(15-11-25)44-32(33,34)35)22-29(39)40(38)31(43)36-20-24-6-4-3-5-7-24/h2-15,28-29,41H,1,16-22H2,(H,36,43)/t28-,29-/m0/s1. The van der Waals surface area contributed by atoms with Gasteiger partial charge in [0.2, 0.25) is 5.91 Å². The second kappa shape index (κ2) is 13.4. The Bertz CT molecular complexity index is 1440. The van der Waals surface area contributed by atoms with Gasteiger partial charge in [0.25, 0.3) is 0 Å². The maximum atomic E-state index is 14.0. The number of phenolic OH excluding ortho intramolecular Hbond substituents is 1. The fraction of sp³-hybridized carbons (Fsp3) is 0.312. The fourth-order valence-corrected chi connectivity index (χ4v) is 5.67. The summed E-state index contributed by atoms with van der Waals surface area (Å²) in [6.45, 7) is 5.90. The minimum Gasteiger partial charge on any atom is -0.508 e. The van der Waals surface area contributed by atoms with E-state index >= 15 is 0 Å². The van der Waals surface area contributed by atoms with Crippen molar-refractivity contribution >= 4 is 11.9 Å². The summed E-state index contributed by atoms with van der Waals surface area (Å²) in [5, 5.41) is 16.3. The van der Waals surface area contributed by atoms with Gasteiger partial charge in [-0.25, -0.2) is 14.8 Å². The molecule has 2 saturated heterocycles. The first-order chi connectivity index (χ1) is 21.1. The molecule has 2 N–H and O–H groups in total. The second-order valence-electron chi connectivity index (χ2n) is 10.7. The highest BCUT2D eigenvalue weighted by molar-refractivity contribution is 5.84. The number of piperazine rings is 1. The Morgan fingerprint density at radius 2 is 1.66 bits per heavy atom. The molecule has 0 saturated carbocycles. The smallest absolute Gasteiger partial charge is 0.508 e. The zero-order chi connectivity index (χ0) is 31.3. The van der Waals surface area contributed by atoms with E-state index < -0.39 is 18.6 Å². The quantitative estimate of drug-likeness (QED) is 0.348. The van der Waals surface area contributed by atoms with Crippen molar-refractivity contribution in [3.8, 4) is 11.5 Å². The van der Waals surface area contributed by atoms with E-state index in [4.69, 9.17) is 0 Å². The molecule has 0 unspecified atom stereocenters. The summed E-state index contributed by atoms with van der Waals surface area (Å²) in [5.74, 6) is -0.400. The molecule has 2 atom stereocenters. The lowest BCUT2D eigenvalue weighted by Crippen LogP contribution is -2.75. The average Bonchev–Trinajstić information content (AvgIpc) is 3.00. The van der Waals surface area contributed by atoms with Gasteiger partial charge in [0.15, 0.2) is 0 Å². The maximum Gasteiger partial charge on any atom is 0.573 e. The number of hydrazine groups is 1. The number of urea groups is 1. The molecule has 3 aromatic rings. The Morgan fingerprint density at radius 1 is 0.977 bits per heavy atom. The van der Waals surface area contributed by atoms with Crippen LogP contribution in [0.1, 0.15) is 16.7 Å². The number of aromatic hydroxyl groups is 1. The molecule has 2 fully saturated rings. The van der Waals surface area contributed by atoms with Gasteiger partial charge in [0, 0.05) is 32.7 Å². The van der Waals surface area contributed by atoms with Gasteiger partial charge < -0.3 is 20.1 Å². The predicted octanol–water partition coefficient (Wildman–Crippen LogP) is 4.50. The minimum atomic E-state index is -4.81. The van der Waals surface area contributed by atoms with E-state index in [2.05, 4.69) is 16.6 Å². The molecule has 0 aromatic heterocycles. The van der Waals surface area contributed by atoms with E-state index in [1.165, 1.54) is 24.3 Å². The number of fused-ring (bicyclic) bond motifs is 1. The van der Waals surface area contributed by atoms with Crippen LogP contribution in [0.2, 0.25) is 0 Å². The van der Waals surface area contributed by atoms with Crippen LogP contribution >= 0.6 is 0 Å². The molecule has 0 bridgehead atoms. The van der Waals surface area contributed by atoms with Crippen LogP contribution in [0.5, 0.6) is 11.5 Å². The highest BCUT2D eigenvalue weighted by atomic mass is 19.4. The molecule has 44 heavy (non-hydrogen) atoms. The van der Waals surface area contributed by atoms with E-state index in [9.17, 15) is 27.9 Å². The number of hydrogen-bond donors (Lipinski definition) is 2. The predicted molar refractivity (Wildman–Crippen MR) is 157 cm³/mol. The van der Waals surface area contributed by atoms with Crippen molar-refractivity contribution in [2.24, 2.45) is 0 Å². The van der Waals surface area contributed by atoms with E-state index in [-0.39, 0.29) is 36.5 Å². The summed E-state index contributed by atoms with van der Waals surface area (Å²) >= 11 is 0. The van der Waals surface area contributed by atoms with E-state index in [0.717, 1.165) is 11.1 Å². The fourth-order valence-electron chi connectivity index (χ4n) is 5.67. The highest BCUT2D eigenvalue weighted by Gasteiger charge is 2.48. The lowest BCUT2D eigenvalue weighted by Gasteiger charge is -2.55. The lowest BCUT2D eigenvalue weighted by atomic mass is 9.98. The van der Waals surface area contributed by atoms with Crippen molar-refractivity contribution in [3.05, 3.63) is 108 Å². The zero-order valence-corrected chi connectivity index (χ0v) is 24.0. The number of halogens is 3. The molecule has 5 rings (SSSR count). The van der Waals surface area contributed by atoms with Crippen LogP contribution in [0.4, 0.5) is 18.0 Å². The third-order valence-electron chi connectivity index (χ3n) is 7.70. The summed E-state index contributed by atoms with van der Waals surface area (Å²) < 4.78 is 42.0. The van der Waals surface area contributed by atoms with Gasteiger partial charge in [0.1, 0.15) is 17.7 Å². The zero-order valence-electron chi connectivity index (χ0n) is 24.0. The minimum absolute atomic E-state index is 0.112.